The summed E-state index contributed by atoms with van der Waals surface area (Å²) in [4.78, 5) is 12.6. The number of rotatable bonds is 5. The topological polar surface area (TPSA) is 41.1 Å². The van der Waals surface area contributed by atoms with Gasteiger partial charge in [0, 0.05) is 30.6 Å². The first-order valence-corrected chi connectivity index (χ1v) is 7.14. The number of carbonyl (C=O) groups is 1. The molecule has 0 unspecified atom stereocenters. The number of amides is 1. The molecule has 1 aromatic carbocycles. The molecule has 19 heavy (non-hydrogen) atoms. The third-order valence-electron chi connectivity index (χ3n) is 2.70. The minimum absolute atomic E-state index is 0.0623. The van der Waals surface area contributed by atoms with Gasteiger partial charge in [0.25, 0.3) is 5.91 Å². The zero-order valence-electron chi connectivity index (χ0n) is 10.6. The summed E-state index contributed by atoms with van der Waals surface area (Å²) in [6.07, 6.45) is 0. The van der Waals surface area contributed by atoms with Gasteiger partial charge in [0.15, 0.2) is 0 Å². The van der Waals surface area contributed by atoms with Crippen LogP contribution in [0.15, 0.2) is 36.4 Å². The molecule has 0 aliphatic rings. The Labute approximate surface area is 121 Å². The van der Waals surface area contributed by atoms with Gasteiger partial charge >= 0.3 is 0 Å². The minimum atomic E-state index is -0.0623. The van der Waals surface area contributed by atoms with Gasteiger partial charge in [0.2, 0.25) is 0 Å². The van der Waals surface area contributed by atoms with Crippen LogP contribution in [0.3, 0.4) is 0 Å². The maximum absolute atomic E-state index is 11.4. The van der Waals surface area contributed by atoms with E-state index in [4.69, 9.17) is 11.6 Å². The van der Waals surface area contributed by atoms with E-state index in [0.29, 0.717) is 5.56 Å². The van der Waals surface area contributed by atoms with Gasteiger partial charge in [0.05, 0.1) is 4.34 Å². The summed E-state index contributed by atoms with van der Waals surface area (Å²) < 4.78 is 0.812. The Hall–Kier alpha value is -1.36. The van der Waals surface area contributed by atoms with Gasteiger partial charge < -0.3 is 10.6 Å². The molecule has 2 N–H and O–H groups in total. The van der Waals surface area contributed by atoms with E-state index in [1.807, 2.05) is 36.4 Å². The molecule has 1 amide bonds. The van der Waals surface area contributed by atoms with Crippen LogP contribution in [0.4, 0.5) is 0 Å². The highest BCUT2D eigenvalue weighted by Gasteiger charge is 2.02. The number of hydrogen-bond donors (Lipinski definition) is 2. The van der Waals surface area contributed by atoms with Crippen LogP contribution in [-0.4, -0.2) is 13.0 Å². The molecule has 100 valence electrons. The molecule has 0 saturated heterocycles. The summed E-state index contributed by atoms with van der Waals surface area (Å²) in [5, 5.41) is 5.95. The zero-order chi connectivity index (χ0) is 13.7. The Bertz CT molecular complexity index is 551. The Balaban J connectivity index is 1.84. The highest BCUT2D eigenvalue weighted by Crippen LogP contribution is 2.21. The van der Waals surface area contributed by atoms with Crippen molar-refractivity contribution in [2.75, 3.05) is 7.05 Å². The number of halogens is 1. The predicted octanol–water partition coefficient (Wildman–Crippen LogP) is 3.05. The van der Waals surface area contributed by atoms with Crippen molar-refractivity contribution in [1.82, 2.24) is 10.6 Å². The second-order valence-electron chi connectivity index (χ2n) is 4.09. The van der Waals surface area contributed by atoms with Crippen molar-refractivity contribution < 1.29 is 4.79 Å². The molecular formula is C14H15ClN2OS. The fraction of sp³-hybridized carbons (Fsp3) is 0.214. The first-order chi connectivity index (χ1) is 9.19. The van der Waals surface area contributed by atoms with E-state index in [9.17, 15) is 4.79 Å². The maximum Gasteiger partial charge on any atom is 0.251 e. The number of thiophene rings is 1. The first-order valence-electron chi connectivity index (χ1n) is 5.95. The average Bonchev–Trinajstić information content (AvgIpc) is 2.84. The molecular weight excluding hydrogens is 280 g/mol. The van der Waals surface area contributed by atoms with Crippen LogP contribution in [-0.2, 0) is 13.1 Å². The smallest absolute Gasteiger partial charge is 0.251 e. The van der Waals surface area contributed by atoms with Crippen LogP contribution in [0.25, 0.3) is 0 Å². The molecule has 0 spiro atoms. The number of carbonyl (C=O) groups excluding carboxylic acids is 1. The van der Waals surface area contributed by atoms with Crippen molar-refractivity contribution in [3.8, 4) is 0 Å². The van der Waals surface area contributed by atoms with Crippen molar-refractivity contribution in [1.29, 1.82) is 0 Å². The first kappa shape index (κ1) is 14.1. The summed E-state index contributed by atoms with van der Waals surface area (Å²) in [7, 11) is 1.63. The number of hydrogen-bond acceptors (Lipinski definition) is 3. The molecule has 5 heteroatoms. The van der Waals surface area contributed by atoms with Crippen molar-refractivity contribution >= 4 is 28.8 Å². The third-order valence-corrected chi connectivity index (χ3v) is 3.93. The Morgan fingerprint density at radius 1 is 1.16 bits per heavy atom. The summed E-state index contributed by atoms with van der Waals surface area (Å²) >= 11 is 7.45. The van der Waals surface area contributed by atoms with Gasteiger partial charge in [-0.25, -0.2) is 0 Å². The quantitative estimate of drug-likeness (QED) is 0.890. The molecule has 2 aromatic rings. The third kappa shape index (κ3) is 4.06. The van der Waals surface area contributed by atoms with Gasteiger partial charge in [-0.1, -0.05) is 23.7 Å². The van der Waals surface area contributed by atoms with Crippen molar-refractivity contribution in [3.05, 3.63) is 56.7 Å². The highest BCUT2D eigenvalue weighted by atomic mass is 35.5. The van der Waals surface area contributed by atoms with Gasteiger partial charge in [-0.2, -0.15) is 0 Å². The molecule has 0 fully saturated rings. The van der Waals surface area contributed by atoms with Crippen LogP contribution < -0.4 is 10.6 Å². The molecule has 0 saturated carbocycles. The molecule has 3 nitrogen and oxygen atoms in total. The molecule has 0 bridgehead atoms. The van der Waals surface area contributed by atoms with Crippen molar-refractivity contribution in [3.63, 3.8) is 0 Å². The molecule has 0 aliphatic heterocycles. The predicted molar refractivity (Wildman–Crippen MR) is 79.7 cm³/mol. The summed E-state index contributed by atoms with van der Waals surface area (Å²) in [6.45, 7) is 1.57. The second kappa shape index (κ2) is 6.70. The van der Waals surface area contributed by atoms with Crippen LogP contribution in [0.5, 0.6) is 0 Å². The van der Waals surface area contributed by atoms with E-state index in [1.54, 1.807) is 18.4 Å². The largest absolute Gasteiger partial charge is 0.355 e. The van der Waals surface area contributed by atoms with Gasteiger partial charge in [-0.3, -0.25) is 4.79 Å². The van der Waals surface area contributed by atoms with E-state index < -0.39 is 0 Å². The molecule has 0 aliphatic carbocycles. The Morgan fingerprint density at radius 3 is 2.47 bits per heavy atom. The average molecular weight is 295 g/mol. The minimum Gasteiger partial charge on any atom is -0.355 e. The Kier molecular flexibility index (Phi) is 4.96. The molecule has 0 radical (unpaired) electrons. The lowest BCUT2D eigenvalue weighted by atomic mass is 10.1. The highest BCUT2D eigenvalue weighted by molar-refractivity contribution is 7.16. The van der Waals surface area contributed by atoms with Crippen LogP contribution in [0, 0.1) is 0 Å². The number of benzene rings is 1. The fourth-order valence-electron chi connectivity index (χ4n) is 1.70. The van der Waals surface area contributed by atoms with Crippen LogP contribution >= 0.6 is 22.9 Å². The standard InChI is InChI=1S/C14H15ClN2OS/c1-16-14(18)11-4-2-10(3-5-11)8-17-9-12-6-7-13(15)19-12/h2-7,17H,8-9H2,1H3,(H,16,18). The van der Waals surface area contributed by atoms with E-state index >= 15 is 0 Å². The fourth-order valence-corrected chi connectivity index (χ4v) is 2.75. The normalized spacial score (nSPS) is 10.4. The van der Waals surface area contributed by atoms with Gasteiger partial charge in [-0.05, 0) is 29.8 Å². The van der Waals surface area contributed by atoms with Gasteiger partial charge in [0.1, 0.15) is 0 Å². The Morgan fingerprint density at radius 2 is 1.89 bits per heavy atom. The van der Waals surface area contributed by atoms with E-state index in [0.717, 1.165) is 23.0 Å². The lowest BCUT2D eigenvalue weighted by Gasteiger charge is -2.05. The number of nitrogens with one attached hydrogen (secondary N) is 2. The lowest BCUT2D eigenvalue weighted by Crippen LogP contribution is -2.18. The molecule has 2 rings (SSSR count). The van der Waals surface area contributed by atoms with Crippen molar-refractivity contribution in [2.24, 2.45) is 0 Å². The monoisotopic (exact) mass is 294 g/mol. The summed E-state index contributed by atoms with van der Waals surface area (Å²) in [5.74, 6) is -0.0623. The van der Waals surface area contributed by atoms with Crippen molar-refractivity contribution in [2.45, 2.75) is 13.1 Å². The molecule has 1 aromatic heterocycles. The van der Waals surface area contributed by atoms with E-state index in [2.05, 4.69) is 10.6 Å². The van der Waals surface area contributed by atoms with Gasteiger partial charge in [-0.15, -0.1) is 11.3 Å². The molecule has 1 heterocycles. The van der Waals surface area contributed by atoms with E-state index in [1.165, 1.54) is 4.88 Å². The van der Waals surface area contributed by atoms with Crippen LogP contribution in [0.1, 0.15) is 20.8 Å². The summed E-state index contributed by atoms with van der Waals surface area (Å²) in [6, 6.07) is 11.5. The maximum atomic E-state index is 11.4. The second-order valence-corrected chi connectivity index (χ2v) is 5.89. The van der Waals surface area contributed by atoms with Crippen LogP contribution in [0.2, 0.25) is 4.34 Å². The van der Waals surface area contributed by atoms with E-state index in [-0.39, 0.29) is 5.91 Å². The lowest BCUT2D eigenvalue weighted by molar-refractivity contribution is 0.0963. The summed E-state index contributed by atoms with van der Waals surface area (Å²) in [5.41, 5.74) is 1.83. The zero-order valence-corrected chi connectivity index (χ0v) is 12.1. The SMILES string of the molecule is CNC(=O)c1ccc(CNCc2ccc(Cl)s2)cc1. The molecule has 0 atom stereocenters.